The molecule has 1 amide bonds. The number of likely N-dealkylation sites (tertiary alicyclic amines) is 1. The normalized spacial score (nSPS) is 16.6. The van der Waals surface area contributed by atoms with Gasteiger partial charge in [-0.1, -0.05) is 17.7 Å². The summed E-state index contributed by atoms with van der Waals surface area (Å²) < 4.78 is 12.8. The zero-order valence-corrected chi connectivity index (χ0v) is 9.63. The summed E-state index contributed by atoms with van der Waals surface area (Å²) in [4.78, 5) is 13.4. The molecular weight excluding hydrogens is 229 g/mol. The van der Waals surface area contributed by atoms with Crippen molar-refractivity contribution < 1.29 is 9.18 Å². The molecule has 0 atom stereocenters. The summed E-state index contributed by atoms with van der Waals surface area (Å²) in [6, 6.07) is 4.29. The largest absolute Gasteiger partial charge is 0.338 e. The average molecular weight is 242 g/mol. The lowest BCUT2D eigenvalue weighted by Crippen LogP contribution is -2.34. The fraction of sp³-hybridized carbons (Fsp3) is 0.417. The van der Waals surface area contributed by atoms with Crippen LogP contribution >= 0.6 is 11.6 Å². The van der Waals surface area contributed by atoms with Crippen LogP contribution in [0, 0.1) is 5.82 Å². The molecule has 0 bridgehead atoms. The number of nitrogens with zero attached hydrogens (tertiary/aromatic N) is 1. The Labute approximate surface area is 99.0 Å². The van der Waals surface area contributed by atoms with Crippen molar-refractivity contribution in [3.63, 3.8) is 0 Å². The van der Waals surface area contributed by atoms with Crippen molar-refractivity contribution in [3.05, 3.63) is 34.6 Å². The van der Waals surface area contributed by atoms with Crippen molar-refractivity contribution in [2.75, 3.05) is 6.54 Å². The van der Waals surface area contributed by atoms with E-state index in [0.29, 0.717) is 18.0 Å². The van der Waals surface area contributed by atoms with Gasteiger partial charge in [0, 0.05) is 24.5 Å². The van der Waals surface area contributed by atoms with Gasteiger partial charge in [0.1, 0.15) is 5.82 Å². The van der Waals surface area contributed by atoms with Crippen LogP contribution < -0.4 is 0 Å². The predicted octanol–water partition coefficient (Wildman–Crippen LogP) is 2.99. The molecule has 1 aromatic rings. The molecule has 1 fully saturated rings. The van der Waals surface area contributed by atoms with Gasteiger partial charge in [-0.05, 0) is 30.5 Å². The Morgan fingerprint density at radius 2 is 2.19 bits per heavy atom. The lowest BCUT2D eigenvalue weighted by Gasteiger charge is -2.27. The number of halogens is 2. The second-order valence-electron chi connectivity index (χ2n) is 4.01. The molecule has 1 aromatic carbocycles. The molecule has 0 aliphatic carbocycles. The maximum atomic E-state index is 12.8. The fourth-order valence-corrected chi connectivity index (χ4v) is 2.11. The third kappa shape index (κ3) is 2.53. The first kappa shape index (κ1) is 11.4. The van der Waals surface area contributed by atoms with Gasteiger partial charge < -0.3 is 4.90 Å². The minimum atomic E-state index is -0.348. The lowest BCUT2D eigenvalue weighted by atomic mass is 10.1. The van der Waals surface area contributed by atoms with E-state index < -0.39 is 0 Å². The molecule has 0 spiro atoms. The highest BCUT2D eigenvalue weighted by atomic mass is 35.5. The third-order valence-electron chi connectivity index (χ3n) is 2.80. The Morgan fingerprint density at radius 3 is 2.88 bits per heavy atom. The van der Waals surface area contributed by atoms with Crippen molar-refractivity contribution >= 4 is 17.5 Å². The summed E-state index contributed by atoms with van der Waals surface area (Å²) in [6.07, 6.45) is 2.61. The van der Waals surface area contributed by atoms with Gasteiger partial charge in [-0.15, -0.1) is 0 Å². The molecule has 0 saturated carbocycles. The lowest BCUT2D eigenvalue weighted by molar-refractivity contribution is -0.133. The number of carbonyl (C=O) groups is 1. The zero-order valence-electron chi connectivity index (χ0n) is 8.88. The van der Waals surface area contributed by atoms with Crippen LogP contribution in [0.3, 0.4) is 0 Å². The maximum absolute atomic E-state index is 12.8. The minimum Gasteiger partial charge on any atom is -0.338 e. The first-order valence-electron chi connectivity index (χ1n) is 5.38. The highest BCUT2D eigenvalue weighted by molar-refractivity contribution is 6.31. The van der Waals surface area contributed by atoms with E-state index in [0.717, 1.165) is 24.9 Å². The Morgan fingerprint density at radius 1 is 1.38 bits per heavy atom. The molecule has 16 heavy (non-hydrogen) atoms. The van der Waals surface area contributed by atoms with Crippen LogP contribution in [-0.4, -0.2) is 17.4 Å². The second-order valence-corrected chi connectivity index (χ2v) is 4.42. The zero-order chi connectivity index (χ0) is 11.5. The van der Waals surface area contributed by atoms with Gasteiger partial charge in [-0.2, -0.15) is 0 Å². The highest BCUT2D eigenvalue weighted by Crippen LogP contribution is 2.21. The van der Waals surface area contributed by atoms with Crippen LogP contribution in [0.1, 0.15) is 24.8 Å². The van der Waals surface area contributed by atoms with Gasteiger partial charge >= 0.3 is 0 Å². The SMILES string of the molecule is O=C1CCCCN1Cc1ccc(F)cc1Cl. The standard InChI is InChI=1S/C12H13ClFNO/c13-11-7-10(14)5-4-9(11)8-15-6-2-1-3-12(15)16/h4-5,7H,1-3,6,8H2. The van der Waals surface area contributed by atoms with Crippen molar-refractivity contribution in [2.24, 2.45) is 0 Å². The predicted molar refractivity (Wildman–Crippen MR) is 60.7 cm³/mol. The van der Waals surface area contributed by atoms with Crippen molar-refractivity contribution in [1.82, 2.24) is 4.90 Å². The Kier molecular flexibility index (Phi) is 3.44. The van der Waals surface area contributed by atoms with Crippen LogP contribution in [0.5, 0.6) is 0 Å². The molecule has 4 heteroatoms. The molecule has 0 aromatic heterocycles. The number of benzene rings is 1. The van der Waals surface area contributed by atoms with Gasteiger partial charge in [0.15, 0.2) is 0 Å². The van der Waals surface area contributed by atoms with Gasteiger partial charge in [0.05, 0.1) is 0 Å². The van der Waals surface area contributed by atoms with Gasteiger partial charge in [0.2, 0.25) is 5.91 Å². The number of carbonyl (C=O) groups excluding carboxylic acids is 1. The number of rotatable bonds is 2. The Hall–Kier alpha value is -1.09. The summed E-state index contributed by atoms with van der Waals surface area (Å²) in [7, 11) is 0. The first-order chi connectivity index (χ1) is 7.66. The van der Waals surface area contributed by atoms with Crippen molar-refractivity contribution in [3.8, 4) is 0 Å². The van der Waals surface area contributed by atoms with E-state index in [9.17, 15) is 9.18 Å². The topological polar surface area (TPSA) is 20.3 Å². The molecular formula is C12H13ClFNO. The van der Waals surface area contributed by atoms with Crippen LogP contribution in [-0.2, 0) is 11.3 Å². The Balaban J connectivity index is 2.10. The molecule has 0 radical (unpaired) electrons. The third-order valence-corrected chi connectivity index (χ3v) is 3.15. The molecule has 2 nitrogen and oxygen atoms in total. The molecule has 0 N–H and O–H groups in total. The van der Waals surface area contributed by atoms with E-state index in [-0.39, 0.29) is 11.7 Å². The number of hydrogen-bond acceptors (Lipinski definition) is 1. The number of piperidine rings is 1. The van der Waals surface area contributed by atoms with Crippen LogP contribution in [0.2, 0.25) is 5.02 Å². The van der Waals surface area contributed by atoms with Crippen LogP contribution in [0.4, 0.5) is 4.39 Å². The smallest absolute Gasteiger partial charge is 0.222 e. The highest BCUT2D eigenvalue weighted by Gasteiger charge is 2.18. The summed E-state index contributed by atoms with van der Waals surface area (Å²) in [6.45, 7) is 1.25. The molecule has 1 aliphatic rings. The number of amides is 1. The van der Waals surface area contributed by atoms with Gasteiger partial charge in [0.25, 0.3) is 0 Å². The molecule has 2 rings (SSSR count). The monoisotopic (exact) mass is 241 g/mol. The molecule has 0 unspecified atom stereocenters. The van der Waals surface area contributed by atoms with Crippen LogP contribution in [0.25, 0.3) is 0 Å². The molecule has 1 heterocycles. The second kappa shape index (κ2) is 4.83. The summed E-state index contributed by atoms with van der Waals surface area (Å²) >= 11 is 5.92. The van der Waals surface area contributed by atoms with E-state index in [1.807, 2.05) is 0 Å². The van der Waals surface area contributed by atoms with Gasteiger partial charge in [-0.3, -0.25) is 4.79 Å². The quantitative estimate of drug-likeness (QED) is 0.780. The van der Waals surface area contributed by atoms with Crippen LogP contribution in [0.15, 0.2) is 18.2 Å². The summed E-state index contributed by atoms with van der Waals surface area (Å²) in [5, 5.41) is 0.387. The van der Waals surface area contributed by atoms with Crippen molar-refractivity contribution in [1.29, 1.82) is 0 Å². The van der Waals surface area contributed by atoms with E-state index in [1.54, 1.807) is 11.0 Å². The minimum absolute atomic E-state index is 0.159. The fourth-order valence-electron chi connectivity index (χ4n) is 1.88. The molecule has 86 valence electrons. The molecule has 1 aliphatic heterocycles. The van der Waals surface area contributed by atoms with E-state index in [1.165, 1.54) is 12.1 Å². The van der Waals surface area contributed by atoms with E-state index in [4.69, 9.17) is 11.6 Å². The van der Waals surface area contributed by atoms with E-state index >= 15 is 0 Å². The average Bonchev–Trinajstić information content (AvgIpc) is 2.25. The summed E-state index contributed by atoms with van der Waals surface area (Å²) in [5.74, 6) is -0.189. The summed E-state index contributed by atoms with van der Waals surface area (Å²) in [5.41, 5.74) is 0.804. The number of hydrogen-bond donors (Lipinski definition) is 0. The molecule has 1 saturated heterocycles. The van der Waals surface area contributed by atoms with E-state index in [2.05, 4.69) is 0 Å². The van der Waals surface area contributed by atoms with Gasteiger partial charge in [-0.25, -0.2) is 4.39 Å². The maximum Gasteiger partial charge on any atom is 0.222 e. The Bertz CT molecular complexity index is 408. The van der Waals surface area contributed by atoms with Crippen molar-refractivity contribution in [2.45, 2.75) is 25.8 Å². The first-order valence-corrected chi connectivity index (χ1v) is 5.76.